The first-order chi connectivity index (χ1) is 12.3. The van der Waals surface area contributed by atoms with E-state index in [0.717, 1.165) is 0 Å². The zero-order valence-electron chi connectivity index (χ0n) is 13.6. The van der Waals surface area contributed by atoms with Crippen molar-refractivity contribution in [3.8, 4) is 11.4 Å². The van der Waals surface area contributed by atoms with Crippen LogP contribution in [0.5, 0.6) is 0 Å². The Balaban J connectivity index is 1.71. The molecule has 0 unspecified atom stereocenters. The van der Waals surface area contributed by atoms with Gasteiger partial charge in [0, 0.05) is 18.0 Å². The van der Waals surface area contributed by atoms with E-state index in [-0.39, 0.29) is 23.0 Å². The minimum atomic E-state index is -3.94. The number of hydrogen-bond acceptors (Lipinski definition) is 8. The molecule has 26 heavy (non-hydrogen) atoms. The smallest absolute Gasteiger partial charge is 0.338 e. The molecule has 0 aliphatic rings. The van der Waals surface area contributed by atoms with Crippen LogP contribution in [0, 0.1) is 6.92 Å². The molecule has 0 aliphatic heterocycles. The number of nitrogens with zero attached hydrogens (tertiary/aromatic N) is 3. The van der Waals surface area contributed by atoms with Gasteiger partial charge >= 0.3 is 5.97 Å². The minimum Gasteiger partial charge on any atom is -0.452 e. The van der Waals surface area contributed by atoms with Gasteiger partial charge in [0.1, 0.15) is 0 Å². The van der Waals surface area contributed by atoms with E-state index in [1.165, 1.54) is 18.2 Å². The summed E-state index contributed by atoms with van der Waals surface area (Å²) < 4.78 is 33.2. The molecule has 9 nitrogen and oxygen atoms in total. The second-order valence-corrected chi connectivity index (χ2v) is 6.88. The van der Waals surface area contributed by atoms with Gasteiger partial charge in [0.15, 0.2) is 6.61 Å². The monoisotopic (exact) mass is 374 g/mol. The topological polar surface area (TPSA) is 138 Å². The van der Waals surface area contributed by atoms with E-state index in [1.54, 1.807) is 31.5 Å². The van der Waals surface area contributed by atoms with Crippen LogP contribution in [-0.4, -0.2) is 29.5 Å². The number of primary sulfonamides is 1. The average molecular weight is 374 g/mol. The lowest BCUT2D eigenvalue weighted by Gasteiger charge is -2.06. The maximum Gasteiger partial charge on any atom is 0.338 e. The average Bonchev–Trinajstić information content (AvgIpc) is 3.09. The Morgan fingerprint density at radius 3 is 2.81 bits per heavy atom. The number of aryl methyl sites for hydroxylation is 1. The van der Waals surface area contributed by atoms with E-state index >= 15 is 0 Å². The van der Waals surface area contributed by atoms with Crippen LogP contribution in [0.2, 0.25) is 0 Å². The van der Waals surface area contributed by atoms with Crippen LogP contribution in [0.25, 0.3) is 11.4 Å². The van der Waals surface area contributed by atoms with E-state index in [9.17, 15) is 13.2 Å². The molecular formula is C16H14N4O5S. The van der Waals surface area contributed by atoms with Gasteiger partial charge in [-0.3, -0.25) is 4.98 Å². The minimum absolute atomic E-state index is 0.0478. The van der Waals surface area contributed by atoms with Gasteiger partial charge in [-0.15, -0.1) is 0 Å². The highest BCUT2D eigenvalue weighted by Crippen LogP contribution is 2.17. The van der Waals surface area contributed by atoms with Gasteiger partial charge in [0.05, 0.1) is 10.5 Å². The number of sulfonamides is 1. The zero-order valence-corrected chi connectivity index (χ0v) is 14.4. The molecule has 0 spiro atoms. The van der Waals surface area contributed by atoms with Crippen LogP contribution in [0.15, 0.2) is 52.1 Å². The molecule has 2 aromatic heterocycles. The summed E-state index contributed by atoms with van der Waals surface area (Å²) in [6, 6.07) is 7.58. The Kier molecular flexibility index (Phi) is 4.78. The number of pyridine rings is 1. The van der Waals surface area contributed by atoms with Crippen molar-refractivity contribution >= 4 is 16.0 Å². The number of rotatable bonds is 5. The van der Waals surface area contributed by atoms with Crippen LogP contribution >= 0.6 is 0 Å². The van der Waals surface area contributed by atoms with Gasteiger partial charge in [-0.05, 0) is 36.8 Å². The molecule has 0 radical (unpaired) electrons. The molecule has 3 rings (SSSR count). The summed E-state index contributed by atoms with van der Waals surface area (Å²) in [6.07, 6.45) is 3.19. The lowest BCUT2D eigenvalue weighted by Crippen LogP contribution is -2.15. The quantitative estimate of drug-likeness (QED) is 0.662. The van der Waals surface area contributed by atoms with Crippen molar-refractivity contribution < 1.29 is 22.5 Å². The first-order valence-electron chi connectivity index (χ1n) is 7.38. The maximum absolute atomic E-state index is 12.1. The molecule has 2 heterocycles. The van der Waals surface area contributed by atoms with Crippen molar-refractivity contribution in [2.45, 2.75) is 18.4 Å². The van der Waals surface area contributed by atoms with Gasteiger partial charge < -0.3 is 9.26 Å². The Labute approximate surface area is 148 Å². The molecule has 10 heteroatoms. The fourth-order valence-corrected chi connectivity index (χ4v) is 2.98. The lowest BCUT2D eigenvalue weighted by atomic mass is 10.1. The molecule has 0 atom stereocenters. The fraction of sp³-hybridized carbons (Fsp3) is 0.125. The first-order valence-corrected chi connectivity index (χ1v) is 8.93. The number of esters is 1. The summed E-state index contributed by atoms with van der Waals surface area (Å²) in [4.78, 5) is 20.1. The van der Waals surface area contributed by atoms with Crippen LogP contribution in [0.1, 0.15) is 21.8 Å². The highest BCUT2D eigenvalue weighted by atomic mass is 32.2. The van der Waals surface area contributed by atoms with Crippen molar-refractivity contribution in [3.05, 3.63) is 59.7 Å². The molecule has 0 saturated carbocycles. The third-order valence-electron chi connectivity index (χ3n) is 3.44. The highest BCUT2D eigenvalue weighted by Gasteiger charge is 2.17. The predicted octanol–water partition coefficient (Wildman–Crippen LogP) is 1.44. The van der Waals surface area contributed by atoms with Crippen molar-refractivity contribution in [1.29, 1.82) is 0 Å². The SMILES string of the molecule is Cc1ccc(C(=O)OCc2nc(-c3cccnc3)no2)cc1S(N)(=O)=O. The predicted molar refractivity (Wildman–Crippen MR) is 89.2 cm³/mol. The molecule has 2 N–H and O–H groups in total. The van der Waals surface area contributed by atoms with Gasteiger partial charge in [-0.2, -0.15) is 4.98 Å². The number of nitrogens with two attached hydrogens (primary N) is 1. The Morgan fingerprint density at radius 1 is 1.31 bits per heavy atom. The summed E-state index contributed by atoms with van der Waals surface area (Å²) in [6.45, 7) is 1.32. The van der Waals surface area contributed by atoms with Crippen molar-refractivity contribution in [2.24, 2.45) is 5.14 Å². The number of ether oxygens (including phenoxy) is 1. The summed E-state index contributed by atoms with van der Waals surface area (Å²) in [5, 5.41) is 8.91. The molecule has 0 bridgehead atoms. The Morgan fingerprint density at radius 2 is 2.12 bits per heavy atom. The van der Waals surface area contributed by atoms with E-state index in [4.69, 9.17) is 14.4 Å². The summed E-state index contributed by atoms with van der Waals surface area (Å²) in [5.74, 6) is -0.331. The van der Waals surface area contributed by atoms with Gasteiger partial charge in [0.2, 0.25) is 15.8 Å². The normalized spacial score (nSPS) is 11.3. The Hall–Kier alpha value is -3.11. The van der Waals surface area contributed by atoms with Gasteiger partial charge in [-0.25, -0.2) is 18.4 Å². The maximum atomic E-state index is 12.1. The highest BCUT2D eigenvalue weighted by molar-refractivity contribution is 7.89. The lowest BCUT2D eigenvalue weighted by molar-refractivity contribution is 0.0429. The van der Waals surface area contributed by atoms with Crippen LogP contribution < -0.4 is 5.14 Å². The van der Waals surface area contributed by atoms with E-state index < -0.39 is 16.0 Å². The van der Waals surface area contributed by atoms with Crippen LogP contribution in [0.4, 0.5) is 0 Å². The molecular weight excluding hydrogens is 360 g/mol. The van der Waals surface area contributed by atoms with Crippen LogP contribution in [-0.2, 0) is 21.4 Å². The number of hydrogen-bond donors (Lipinski definition) is 1. The molecule has 1 aromatic carbocycles. The van der Waals surface area contributed by atoms with E-state index in [1.807, 2.05) is 0 Å². The number of aromatic nitrogens is 3. The van der Waals surface area contributed by atoms with Crippen molar-refractivity contribution in [2.75, 3.05) is 0 Å². The van der Waals surface area contributed by atoms with Crippen molar-refractivity contribution in [1.82, 2.24) is 15.1 Å². The molecule has 0 amide bonds. The standard InChI is InChI=1S/C16H14N4O5S/c1-10-4-5-11(7-13(10)26(17,22)23)16(21)24-9-14-19-15(20-25-14)12-3-2-6-18-8-12/h2-8H,9H2,1H3,(H2,17,22,23). The number of carbonyl (C=O) groups excluding carboxylic acids is 1. The van der Waals surface area contributed by atoms with E-state index in [2.05, 4.69) is 15.1 Å². The molecule has 3 aromatic rings. The number of benzene rings is 1. The van der Waals surface area contributed by atoms with E-state index in [0.29, 0.717) is 17.0 Å². The molecule has 0 fully saturated rings. The Bertz CT molecular complexity index is 1050. The second kappa shape index (κ2) is 7.02. The van der Waals surface area contributed by atoms with Crippen LogP contribution in [0.3, 0.4) is 0 Å². The number of carbonyl (C=O) groups is 1. The summed E-state index contributed by atoms with van der Waals surface area (Å²) in [7, 11) is -3.94. The van der Waals surface area contributed by atoms with Crippen molar-refractivity contribution in [3.63, 3.8) is 0 Å². The molecule has 134 valence electrons. The molecule has 0 saturated heterocycles. The molecule has 0 aliphatic carbocycles. The first kappa shape index (κ1) is 17.7. The van der Waals surface area contributed by atoms with Gasteiger partial charge in [-0.1, -0.05) is 11.2 Å². The largest absolute Gasteiger partial charge is 0.452 e. The third kappa shape index (κ3) is 3.92. The summed E-state index contributed by atoms with van der Waals surface area (Å²) >= 11 is 0. The second-order valence-electron chi connectivity index (χ2n) is 5.35. The summed E-state index contributed by atoms with van der Waals surface area (Å²) in [5.41, 5.74) is 1.14. The fourth-order valence-electron chi connectivity index (χ4n) is 2.17. The van der Waals surface area contributed by atoms with Gasteiger partial charge in [0.25, 0.3) is 5.89 Å². The zero-order chi connectivity index (χ0) is 18.7. The third-order valence-corrected chi connectivity index (χ3v) is 4.50.